The van der Waals surface area contributed by atoms with Crippen molar-refractivity contribution in [1.29, 1.82) is 0 Å². The number of benzene rings is 4. The molecule has 0 unspecified atom stereocenters. The molecule has 0 atom stereocenters. The number of hydrogen-bond acceptors (Lipinski definition) is 3. The number of rotatable bonds is 12. The highest BCUT2D eigenvalue weighted by atomic mass is 16.5. The van der Waals surface area contributed by atoms with Gasteiger partial charge in [-0.3, -0.25) is 0 Å². The van der Waals surface area contributed by atoms with E-state index in [1.807, 2.05) is 6.08 Å². The Hall–Kier alpha value is -4.37. The van der Waals surface area contributed by atoms with Crippen LogP contribution in [0.4, 0.5) is 17.1 Å². The van der Waals surface area contributed by atoms with E-state index in [9.17, 15) is 4.79 Å². The van der Waals surface area contributed by atoms with Gasteiger partial charge >= 0.3 is 5.97 Å². The first-order valence-electron chi connectivity index (χ1n) is 13.9. The van der Waals surface area contributed by atoms with Crippen LogP contribution >= 0.6 is 0 Å². The van der Waals surface area contributed by atoms with Crippen LogP contribution in [0, 0.1) is 13.8 Å². The lowest BCUT2D eigenvalue weighted by Crippen LogP contribution is -2.10. The van der Waals surface area contributed by atoms with Crippen molar-refractivity contribution in [3.8, 4) is 0 Å². The topological polar surface area (TPSA) is 29.5 Å². The molecule has 4 rings (SSSR count). The number of aryl methyl sites for hydroxylation is 5. The molecule has 0 saturated carbocycles. The van der Waals surface area contributed by atoms with Crippen LogP contribution in [0.25, 0.3) is 6.08 Å². The number of hydrogen-bond donors (Lipinski definition) is 0. The SMILES string of the molecule is C=Cc1cc(CCCOC(=O)C(=C)C)cc(CCc2ccc(N(c3ccc(C)cc3)c3ccc(C)cc3)cc2)c1. The molecular formula is C37H39NO2. The maximum absolute atomic E-state index is 11.6. The zero-order valence-corrected chi connectivity index (χ0v) is 24.0. The number of carbonyl (C=O) groups is 1. The third-order valence-corrected chi connectivity index (χ3v) is 6.98. The summed E-state index contributed by atoms with van der Waals surface area (Å²) in [5.74, 6) is -0.326. The molecule has 0 spiro atoms. The fraction of sp³-hybridized carbons (Fsp3) is 0.216. The maximum Gasteiger partial charge on any atom is 0.333 e. The summed E-state index contributed by atoms with van der Waals surface area (Å²) in [5, 5.41) is 0. The maximum atomic E-state index is 11.6. The molecule has 40 heavy (non-hydrogen) atoms. The summed E-state index contributed by atoms with van der Waals surface area (Å²) in [6.45, 7) is 13.9. The number of esters is 1. The third-order valence-electron chi connectivity index (χ3n) is 6.98. The summed E-state index contributed by atoms with van der Waals surface area (Å²) >= 11 is 0. The Labute approximate surface area is 239 Å². The predicted molar refractivity (Wildman–Crippen MR) is 169 cm³/mol. The molecule has 0 heterocycles. The molecule has 204 valence electrons. The third kappa shape index (κ3) is 7.83. The highest BCUT2D eigenvalue weighted by Gasteiger charge is 2.12. The van der Waals surface area contributed by atoms with E-state index in [2.05, 4.69) is 123 Å². The van der Waals surface area contributed by atoms with Gasteiger partial charge in [-0.1, -0.05) is 85.0 Å². The Bertz CT molecular complexity index is 1400. The molecule has 0 aliphatic rings. The Morgan fingerprint density at radius 3 is 1.70 bits per heavy atom. The van der Waals surface area contributed by atoms with Gasteiger partial charge in [0.15, 0.2) is 0 Å². The number of anilines is 3. The molecule has 0 amide bonds. The Kier molecular flexibility index (Phi) is 9.75. The van der Waals surface area contributed by atoms with Gasteiger partial charge in [-0.15, -0.1) is 0 Å². The molecule has 0 fully saturated rings. The van der Waals surface area contributed by atoms with Crippen molar-refractivity contribution in [3.63, 3.8) is 0 Å². The van der Waals surface area contributed by atoms with Crippen LogP contribution in [-0.4, -0.2) is 12.6 Å². The molecular weight excluding hydrogens is 490 g/mol. The number of ether oxygens (including phenoxy) is 1. The number of carbonyl (C=O) groups excluding carboxylic acids is 1. The summed E-state index contributed by atoms with van der Waals surface area (Å²) in [6, 6.07) is 32.9. The van der Waals surface area contributed by atoms with Crippen molar-refractivity contribution in [2.24, 2.45) is 0 Å². The summed E-state index contributed by atoms with van der Waals surface area (Å²) < 4.78 is 5.25. The van der Waals surface area contributed by atoms with Crippen molar-refractivity contribution in [1.82, 2.24) is 0 Å². The van der Waals surface area contributed by atoms with E-state index in [1.54, 1.807) is 6.92 Å². The largest absolute Gasteiger partial charge is 0.462 e. The predicted octanol–water partition coefficient (Wildman–Crippen LogP) is 9.25. The first-order chi connectivity index (χ1) is 19.3. The number of nitrogens with zero attached hydrogens (tertiary/aromatic N) is 1. The minimum atomic E-state index is -0.326. The van der Waals surface area contributed by atoms with E-state index in [0.717, 1.165) is 48.3 Å². The zero-order valence-electron chi connectivity index (χ0n) is 24.0. The lowest BCUT2D eigenvalue weighted by atomic mass is 9.98. The lowest BCUT2D eigenvalue weighted by molar-refractivity contribution is -0.139. The van der Waals surface area contributed by atoms with Gasteiger partial charge in [-0.25, -0.2) is 4.79 Å². The van der Waals surface area contributed by atoms with Crippen LogP contribution in [0.5, 0.6) is 0 Å². The lowest BCUT2D eigenvalue weighted by Gasteiger charge is -2.26. The highest BCUT2D eigenvalue weighted by Crippen LogP contribution is 2.34. The summed E-state index contributed by atoms with van der Waals surface area (Å²) in [6.07, 6.45) is 5.41. The van der Waals surface area contributed by atoms with Crippen molar-refractivity contribution in [3.05, 3.63) is 143 Å². The summed E-state index contributed by atoms with van der Waals surface area (Å²) in [5.41, 5.74) is 11.3. The molecule has 0 radical (unpaired) electrons. The quantitative estimate of drug-likeness (QED) is 0.104. The fourth-order valence-corrected chi connectivity index (χ4v) is 4.70. The van der Waals surface area contributed by atoms with Gasteiger partial charge < -0.3 is 9.64 Å². The molecule has 4 aromatic rings. The van der Waals surface area contributed by atoms with E-state index < -0.39 is 0 Å². The minimum Gasteiger partial charge on any atom is -0.462 e. The zero-order chi connectivity index (χ0) is 28.5. The van der Waals surface area contributed by atoms with Crippen LogP contribution in [-0.2, 0) is 28.8 Å². The van der Waals surface area contributed by atoms with Gasteiger partial charge in [-0.05, 0) is 105 Å². The van der Waals surface area contributed by atoms with Gasteiger partial charge in [0.25, 0.3) is 0 Å². The van der Waals surface area contributed by atoms with E-state index >= 15 is 0 Å². The van der Waals surface area contributed by atoms with Crippen molar-refractivity contribution in [2.45, 2.75) is 46.5 Å². The minimum absolute atomic E-state index is 0.326. The van der Waals surface area contributed by atoms with Crippen LogP contribution in [0.2, 0.25) is 0 Å². The second-order valence-electron chi connectivity index (χ2n) is 10.5. The monoisotopic (exact) mass is 529 g/mol. The van der Waals surface area contributed by atoms with Gasteiger partial charge in [0, 0.05) is 22.6 Å². The average molecular weight is 530 g/mol. The smallest absolute Gasteiger partial charge is 0.333 e. The van der Waals surface area contributed by atoms with Gasteiger partial charge in [-0.2, -0.15) is 0 Å². The fourth-order valence-electron chi connectivity index (χ4n) is 4.70. The molecule has 3 nitrogen and oxygen atoms in total. The molecule has 3 heteroatoms. The normalized spacial score (nSPS) is 10.7. The molecule has 0 aliphatic heterocycles. The van der Waals surface area contributed by atoms with Gasteiger partial charge in [0.1, 0.15) is 0 Å². The van der Waals surface area contributed by atoms with Crippen molar-refractivity contribution < 1.29 is 9.53 Å². The van der Waals surface area contributed by atoms with Crippen LogP contribution in [0.3, 0.4) is 0 Å². The Balaban J connectivity index is 1.45. The first kappa shape index (κ1) is 28.6. The van der Waals surface area contributed by atoms with Gasteiger partial charge in [0.2, 0.25) is 0 Å². The van der Waals surface area contributed by atoms with E-state index in [-0.39, 0.29) is 5.97 Å². The Morgan fingerprint density at radius 1 is 0.725 bits per heavy atom. The van der Waals surface area contributed by atoms with E-state index in [4.69, 9.17) is 4.74 Å². The second-order valence-corrected chi connectivity index (χ2v) is 10.5. The molecule has 0 aromatic heterocycles. The molecule has 4 aromatic carbocycles. The summed E-state index contributed by atoms with van der Waals surface area (Å²) in [4.78, 5) is 13.9. The van der Waals surface area contributed by atoms with Crippen LogP contribution in [0.1, 0.15) is 46.7 Å². The second kappa shape index (κ2) is 13.6. The highest BCUT2D eigenvalue weighted by molar-refractivity contribution is 5.86. The van der Waals surface area contributed by atoms with Crippen LogP contribution in [0.15, 0.2) is 110 Å². The van der Waals surface area contributed by atoms with Crippen molar-refractivity contribution in [2.75, 3.05) is 11.5 Å². The van der Waals surface area contributed by atoms with E-state index in [1.165, 1.54) is 27.8 Å². The molecule has 0 N–H and O–H groups in total. The standard InChI is InChI=1S/C37H39NO2/c1-6-30-24-32(8-7-23-40-37(39)27(2)3)26-33(25-30)14-13-31-15-21-36(22-16-31)38(34-17-9-28(4)10-18-34)35-19-11-29(5)12-20-35/h6,9-12,15-22,24-26H,1-2,7-8,13-14,23H2,3-5H3. The average Bonchev–Trinajstić information content (AvgIpc) is 2.96. The summed E-state index contributed by atoms with van der Waals surface area (Å²) in [7, 11) is 0. The first-order valence-corrected chi connectivity index (χ1v) is 13.9. The van der Waals surface area contributed by atoms with Gasteiger partial charge in [0.05, 0.1) is 6.61 Å². The molecule has 0 bridgehead atoms. The molecule has 0 aliphatic carbocycles. The van der Waals surface area contributed by atoms with Crippen LogP contribution < -0.4 is 4.90 Å². The van der Waals surface area contributed by atoms with Crippen molar-refractivity contribution >= 4 is 29.1 Å². The molecule has 0 saturated heterocycles. The Morgan fingerprint density at radius 2 is 1.20 bits per heavy atom. The van der Waals surface area contributed by atoms with E-state index in [0.29, 0.717) is 12.2 Å².